The molecule has 1 aromatic heterocycles. The fourth-order valence-electron chi connectivity index (χ4n) is 7.86. The zero-order chi connectivity index (χ0) is 59.7. The zero-order valence-corrected chi connectivity index (χ0v) is 49.3. The minimum atomic E-state index is -1.18. The molecule has 23 nitrogen and oxygen atoms in total. The molecular weight excluding hydrogens is 1030 g/mol. The molecule has 0 saturated carbocycles. The van der Waals surface area contributed by atoms with Gasteiger partial charge in [-0.15, -0.1) is 0 Å². The number of ether oxygens (including phenoxy) is 2. The molecule has 0 aromatic carbocycles. The van der Waals surface area contributed by atoms with E-state index in [1.807, 2.05) is 0 Å². The van der Waals surface area contributed by atoms with Gasteiger partial charge in [0.1, 0.15) is 18.7 Å². The first kappa shape index (κ1) is 76.9. The van der Waals surface area contributed by atoms with Crippen LogP contribution in [0.4, 0.5) is 0 Å². The number of carbonyl (C=O) groups is 9. The number of hydrogen-bond donors (Lipinski definition) is 11. The van der Waals surface area contributed by atoms with Crippen molar-refractivity contribution < 1.29 is 62.8 Å². The van der Waals surface area contributed by atoms with Gasteiger partial charge in [0.2, 0.25) is 23.6 Å². The smallest absolute Gasteiger partial charge is 0.326 e. The second kappa shape index (κ2) is 44.5. The predicted octanol–water partition coefficient (Wildman–Crippen LogP) is 4.59. The highest BCUT2D eigenvalue weighted by Gasteiger charge is 2.35. The maximum Gasteiger partial charge on any atom is 0.326 e. The van der Waals surface area contributed by atoms with Crippen LogP contribution < -0.4 is 43.0 Å². The van der Waals surface area contributed by atoms with Crippen LogP contribution in [0.1, 0.15) is 197 Å². The van der Waals surface area contributed by atoms with Gasteiger partial charge < -0.3 is 57.0 Å². The molecule has 0 bridgehead atoms. The van der Waals surface area contributed by atoms with Crippen LogP contribution in [0.25, 0.3) is 0 Å². The number of imidazole rings is 1. The van der Waals surface area contributed by atoms with Crippen molar-refractivity contribution in [2.75, 3.05) is 59.7 Å². The molecule has 0 unspecified atom stereocenters. The van der Waals surface area contributed by atoms with Gasteiger partial charge in [0.25, 0.3) is 0 Å². The second-order valence-corrected chi connectivity index (χ2v) is 21.6. The summed E-state index contributed by atoms with van der Waals surface area (Å²) in [6.45, 7) is 15.1. The number of unbranched alkanes of at least 4 members (excludes halogenated alkanes) is 13. The summed E-state index contributed by atoms with van der Waals surface area (Å²) in [5.74, 6) is -3.89. The van der Waals surface area contributed by atoms with Crippen LogP contribution in [0.2, 0.25) is 0 Å². The number of hydrogen-bond acceptors (Lipinski definition) is 16. The second-order valence-electron chi connectivity index (χ2n) is 21.6. The minimum absolute atomic E-state index is 0. The summed E-state index contributed by atoms with van der Waals surface area (Å²) in [5.41, 5.74) is 3.66. The number of aromatic nitrogens is 2. The highest BCUT2D eigenvalue weighted by Crippen LogP contribution is 2.14. The summed E-state index contributed by atoms with van der Waals surface area (Å²) in [7, 11) is 1.60. The van der Waals surface area contributed by atoms with E-state index in [9.17, 15) is 48.3 Å². The summed E-state index contributed by atoms with van der Waals surface area (Å²) in [5, 5.41) is 37.7. The first-order valence-corrected chi connectivity index (χ1v) is 28.6. The monoisotopic (exact) mass is 1140 g/mol. The molecule has 80 heavy (non-hydrogen) atoms. The average molecular weight is 1140 g/mol. The first-order valence-electron chi connectivity index (χ1n) is 28.6. The Morgan fingerprint density at radius 2 is 1.14 bits per heavy atom. The number of ketones is 3. The van der Waals surface area contributed by atoms with E-state index in [2.05, 4.69) is 54.1 Å². The molecule has 1 rings (SSSR count). The number of rotatable bonds is 48. The number of carbonyl (C=O) groups excluding carboxylic acids is 7. The fraction of sp³-hybridized carbons (Fsp3) is 0.789. The molecule has 0 saturated heterocycles. The minimum Gasteiger partial charge on any atom is -0.480 e. The lowest BCUT2D eigenvalue weighted by molar-refractivity contribution is -0.142. The molecule has 0 aliphatic carbocycles. The van der Waals surface area contributed by atoms with Crippen LogP contribution in [0.5, 0.6) is 0 Å². The molecule has 0 aliphatic heterocycles. The van der Waals surface area contributed by atoms with Gasteiger partial charge in [0.05, 0.1) is 61.9 Å². The molecule has 23 heteroatoms. The number of amides is 4. The van der Waals surface area contributed by atoms with Gasteiger partial charge in [-0.2, -0.15) is 0 Å². The Morgan fingerprint density at radius 3 is 1.66 bits per heavy atom. The summed E-state index contributed by atoms with van der Waals surface area (Å²) < 4.78 is 10.6. The number of Topliss-reactive ketones (excluding diaryl/α,β-unsaturated/α-hetero) is 3. The normalized spacial score (nSPS) is 12.6. The lowest BCUT2D eigenvalue weighted by Gasteiger charge is -2.31. The molecule has 12 N–H and O–H groups in total. The number of carboxylic acid groups (broad SMARTS) is 2. The van der Waals surface area contributed by atoms with E-state index in [-0.39, 0.29) is 114 Å². The number of carboxylic acids is 2. The standard InChI is InChI=1S/C34H64N4O9.C22H38N6O4.CH4/c1-3-4-5-6-7-8-9-10-11-12-13-14-15-19-31(40)38-29(34(44)45)20-21-30(39)37-23-24-46-25-26-47-27-32(41)36-22-17-16-18-28(35-2)33(42)43;1-8-16(29)20(2,3)26-11-17(30)21(4,5)27-12-18(31)22(6,7)28-19(32)15(23)9-14-10-24-13-25-14;/h28-29,35H,3-27H2,1-2H3,(H,36,41)(H,37,39)(H,38,40)(H,42,43)(H,44,45);10,13,15,26-27H,8-9,11-12,23H2,1-7H3,(H,24,25)(H,28,32);1H4/t28-,29-;15-;/m00./s1. The number of likely N-dealkylation sites (N-methyl/N-ethyl adjacent to an activating group) is 1. The van der Waals surface area contributed by atoms with Gasteiger partial charge in [0.15, 0.2) is 17.3 Å². The maximum absolute atomic E-state index is 12.7. The number of H-pyrrole nitrogens is 1. The highest BCUT2D eigenvalue weighted by molar-refractivity contribution is 5.96. The number of aromatic amines is 1. The molecule has 0 aliphatic rings. The summed E-state index contributed by atoms with van der Waals surface area (Å²) in [6, 6.07) is -2.54. The third-order valence-corrected chi connectivity index (χ3v) is 13.4. The number of nitrogens with two attached hydrogens (primary N) is 1. The van der Waals surface area contributed by atoms with E-state index in [1.165, 1.54) is 70.5 Å². The maximum atomic E-state index is 12.7. The van der Waals surface area contributed by atoms with Crippen molar-refractivity contribution in [2.45, 2.75) is 232 Å². The van der Waals surface area contributed by atoms with Gasteiger partial charge in [-0.05, 0) is 80.7 Å². The Bertz CT molecular complexity index is 1930. The van der Waals surface area contributed by atoms with Crippen molar-refractivity contribution in [1.82, 2.24) is 47.2 Å². The van der Waals surface area contributed by atoms with E-state index in [1.54, 1.807) is 61.7 Å². The lowest BCUT2D eigenvalue weighted by atomic mass is 9.93. The molecule has 1 aromatic rings. The van der Waals surface area contributed by atoms with Crippen LogP contribution in [-0.2, 0) is 59.0 Å². The highest BCUT2D eigenvalue weighted by atomic mass is 16.5. The number of nitrogens with one attached hydrogen (secondary N) is 8. The van der Waals surface area contributed by atoms with Gasteiger partial charge >= 0.3 is 11.9 Å². The molecule has 1 heterocycles. The van der Waals surface area contributed by atoms with Crippen LogP contribution in [0.3, 0.4) is 0 Å². The molecule has 0 radical (unpaired) electrons. The molecule has 3 atom stereocenters. The third-order valence-electron chi connectivity index (χ3n) is 13.4. The Balaban J connectivity index is 0. The van der Waals surface area contributed by atoms with Gasteiger partial charge in [0, 0.05) is 50.7 Å². The quantitative estimate of drug-likeness (QED) is 0.0398. The van der Waals surface area contributed by atoms with Crippen molar-refractivity contribution in [1.29, 1.82) is 0 Å². The van der Waals surface area contributed by atoms with Gasteiger partial charge in [-0.1, -0.05) is 98.3 Å². The average Bonchev–Trinajstić information content (AvgIpc) is 3.91. The van der Waals surface area contributed by atoms with Crippen LogP contribution >= 0.6 is 0 Å². The molecule has 4 amide bonds. The lowest BCUT2D eigenvalue weighted by Crippen LogP contribution is -2.60. The molecular formula is C57H106N10O13. The summed E-state index contributed by atoms with van der Waals surface area (Å²) in [4.78, 5) is 115. The summed E-state index contributed by atoms with van der Waals surface area (Å²) in [6.07, 6.45) is 21.5. The van der Waals surface area contributed by atoms with Crippen molar-refractivity contribution in [3.8, 4) is 0 Å². The number of aliphatic carboxylic acids is 2. The Labute approximate surface area is 477 Å². The Kier molecular flexibility index (Phi) is 42.7. The SMILES string of the molecule is C.CCC(=O)C(C)(C)NCC(=O)C(C)(C)NCC(=O)C(C)(C)NC(=O)[C@@H](N)Cc1cnc[nH]1.CCCCCCCCCCCCCCCC(=O)N[C@@H](CCC(=O)NCCOCCOCC(=O)NCCCC[C@H](NC)C(=O)O)C(=O)O. The van der Waals surface area contributed by atoms with Crippen LogP contribution in [0.15, 0.2) is 12.5 Å². The predicted molar refractivity (Wildman–Crippen MR) is 310 cm³/mol. The molecule has 0 spiro atoms. The third kappa shape index (κ3) is 37.7. The first-order chi connectivity index (χ1) is 37.3. The van der Waals surface area contributed by atoms with Crippen molar-refractivity contribution in [3.63, 3.8) is 0 Å². The van der Waals surface area contributed by atoms with Crippen molar-refractivity contribution in [3.05, 3.63) is 18.2 Å². The van der Waals surface area contributed by atoms with E-state index in [0.717, 1.165) is 25.0 Å². The molecule has 462 valence electrons. The molecule has 0 fully saturated rings. The topological polar surface area (TPSA) is 351 Å². The van der Waals surface area contributed by atoms with E-state index < -0.39 is 52.6 Å². The Morgan fingerprint density at radius 1 is 0.613 bits per heavy atom. The number of nitrogens with zero attached hydrogens (tertiary/aromatic N) is 1. The van der Waals surface area contributed by atoms with Crippen LogP contribution in [0, 0.1) is 0 Å². The van der Waals surface area contributed by atoms with E-state index >= 15 is 0 Å². The van der Waals surface area contributed by atoms with Gasteiger partial charge in [-0.25, -0.2) is 9.78 Å². The zero-order valence-electron chi connectivity index (χ0n) is 49.3. The fourth-order valence-corrected chi connectivity index (χ4v) is 7.86. The Hall–Kier alpha value is -5.20. The van der Waals surface area contributed by atoms with Gasteiger partial charge in [-0.3, -0.25) is 49.0 Å². The van der Waals surface area contributed by atoms with E-state index in [4.69, 9.17) is 20.3 Å². The van der Waals surface area contributed by atoms with Crippen LogP contribution in [-0.4, -0.2) is 167 Å². The van der Waals surface area contributed by atoms with E-state index in [0.29, 0.717) is 32.2 Å². The largest absolute Gasteiger partial charge is 0.480 e. The summed E-state index contributed by atoms with van der Waals surface area (Å²) >= 11 is 0. The van der Waals surface area contributed by atoms with Crippen molar-refractivity contribution >= 4 is 52.9 Å². The van der Waals surface area contributed by atoms with Crippen molar-refractivity contribution in [2.24, 2.45) is 5.73 Å².